The molecule has 0 aromatic heterocycles. The van der Waals surface area contributed by atoms with Crippen molar-refractivity contribution in [1.82, 2.24) is 0 Å². The van der Waals surface area contributed by atoms with E-state index in [9.17, 15) is 22.0 Å². The smallest absolute Gasteiger partial charge is 0.382 e. The molecular weight excluding hydrogens is 313 g/mol. The molecular formula is C9H7BrF5NO. The third-order valence-electron chi connectivity index (χ3n) is 2.09. The Labute approximate surface area is 101 Å². The van der Waals surface area contributed by atoms with E-state index in [1.807, 2.05) is 0 Å². The van der Waals surface area contributed by atoms with E-state index < -0.39 is 35.5 Å². The molecule has 3 N–H and O–H groups in total. The molecule has 2 atom stereocenters. The molecule has 0 aliphatic carbocycles. The fraction of sp³-hybridized carbons (Fsp3) is 0.333. The van der Waals surface area contributed by atoms with E-state index in [4.69, 9.17) is 10.8 Å². The Kier molecular flexibility index (Phi) is 4.11. The molecule has 0 fully saturated rings. The fourth-order valence-corrected chi connectivity index (χ4v) is 1.56. The molecule has 1 aromatic rings. The van der Waals surface area contributed by atoms with Gasteiger partial charge in [-0.25, -0.2) is 8.78 Å². The van der Waals surface area contributed by atoms with Crippen LogP contribution in [-0.2, 0) is 0 Å². The molecule has 0 amide bonds. The zero-order valence-corrected chi connectivity index (χ0v) is 9.69. The lowest BCUT2D eigenvalue weighted by Gasteiger charge is -2.22. The van der Waals surface area contributed by atoms with E-state index in [1.165, 1.54) is 0 Å². The molecule has 0 spiro atoms. The first-order valence-electron chi connectivity index (χ1n) is 4.30. The summed E-state index contributed by atoms with van der Waals surface area (Å²) in [7, 11) is 0. The molecule has 0 aliphatic rings. The lowest BCUT2D eigenvalue weighted by Crippen LogP contribution is -2.39. The number of hydrogen-bond donors (Lipinski definition) is 2. The Morgan fingerprint density at radius 1 is 1.24 bits per heavy atom. The Bertz CT molecular complexity index is 423. The quantitative estimate of drug-likeness (QED) is 0.650. The first-order chi connectivity index (χ1) is 7.66. The number of rotatable bonds is 2. The zero-order valence-electron chi connectivity index (χ0n) is 8.10. The summed E-state index contributed by atoms with van der Waals surface area (Å²) in [6.07, 6.45) is -8.10. The Hall–Kier alpha value is -0.730. The largest absolute Gasteiger partial charge is 0.416 e. The number of hydrogen-bond acceptors (Lipinski definition) is 2. The highest BCUT2D eigenvalue weighted by Gasteiger charge is 2.44. The molecule has 0 heterocycles. The van der Waals surface area contributed by atoms with Gasteiger partial charge in [0, 0.05) is 5.56 Å². The van der Waals surface area contributed by atoms with Gasteiger partial charge in [-0.1, -0.05) is 0 Å². The SMILES string of the molecule is N[C@@H](c1c(F)ccc(Br)c1F)[C@H](O)C(F)(F)F. The predicted octanol–water partition coefficient (Wildman–Crippen LogP) is 2.65. The lowest BCUT2D eigenvalue weighted by atomic mass is 10.0. The van der Waals surface area contributed by atoms with Crippen LogP contribution >= 0.6 is 15.9 Å². The molecule has 0 unspecified atom stereocenters. The van der Waals surface area contributed by atoms with Crippen LogP contribution in [0.3, 0.4) is 0 Å². The van der Waals surface area contributed by atoms with Crippen molar-refractivity contribution in [3.8, 4) is 0 Å². The van der Waals surface area contributed by atoms with Gasteiger partial charge in [0.15, 0.2) is 6.10 Å². The van der Waals surface area contributed by atoms with E-state index in [0.717, 1.165) is 12.1 Å². The van der Waals surface area contributed by atoms with Crippen LogP contribution in [0.4, 0.5) is 22.0 Å². The molecule has 8 heteroatoms. The third-order valence-corrected chi connectivity index (χ3v) is 2.70. The van der Waals surface area contributed by atoms with E-state index in [1.54, 1.807) is 0 Å². The van der Waals surface area contributed by atoms with Crippen LogP contribution in [0.2, 0.25) is 0 Å². The summed E-state index contributed by atoms with van der Waals surface area (Å²) >= 11 is 2.69. The molecule has 96 valence electrons. The minimum absolute atomic E-state index is 0.237. The van der Waals surface area contributed by atoms with Gasteiger partial charge in [0.25, 0.3) is 0 Å². The van der Waals surface area contributed by atoms with Gasteiger partial charge in [-0.2, -0.15) is 13.2 Å². The Morgan fingerprint density at radius 2 is 1.76 bits per heavy atom. The number of nitrogens with two attached hydrogens (primary N) is 1. The minimum atomic E-state index is -5.05. The number of benzene rings is 1. The summed E-state index contributed by atoms with van der Waals surface area (Å²) in [5.74, 6) is -2.51. The third kappa shape index (κ3) is 2.93. The first kappa shape index (κ1) is 14.3. The van der Waals surface area contributed by atoms with Crippen LogP contribution in [0.25, 0.3) is 0 Å². The van der Waals surface area contributed by atoms with Crippen molar-refractivity contribution in [2.75, 3.05) is 0 Å². The molecule has 0 radical (unpaired) electrons. The number of halogens is 6. The van der Waals surface area contributed by atoms with Crippen molar-refractivity contribution in [2.45, 2.75) is 18.3 Å². The summed E-state index contributed by atoms with van der Waals surface area (Å²) in [6, 6.07) is -0.487. The molecule has 0 saturated carbocycles. The molecule has 17 heavy (non-hydrogen) atoms. The number of alkyl halides is 3. The van der Waals surface area contributed by atoms with E-state index >= 15 is 0 Å². The second-order valence-corrected chi connectivity index (χ2v) is 4.12. The second kappa shape index (κ2) is 4.87. The summed E-state index contributed by atoms with van der Waals surface area (Å²) in [5.41, 5.74) is 4.01. The van der Waals surface area contributed by atoms with Gasteiger partial charge >= 0.3 is 6.18 Å². The summed E-state index contributed by atoms with van der Waals surface area (Å²) < 4.78 is 62.9. The van der Waals surface area contributed by atoms with E-state index in [0.29, 0.717) is 0 Å². The summed E-state index contributed by atoms with van der Waals surface area (Å²) in [4.78, 5) is 0. The van der Waals surface area contributed by atoms with Crippen LogP contribution in [0.1, 0.15) is 11.6 Å². The maximum absolute atomic E-state index is 13.4. The van der Waals surface area contributed by atoms with Crippen LogP contribution in [-0.4, -0.2) is 17.4 Å². The van der Waals surface area contributed by atoms with Crippen LogP contribution in [0.15, 0.2) is 16.6 Å². The Morgan fingerprint density at radius 3 is 2.24 bits per heavy atom. The average Bonchev–Trinajstić information content (AvgIpc) is 2.21. The highest BCUT2D eigenvalue weighted by molar-refractivity contribution is 9.10. The summed E-state index contributed by atoms with van der Waals surface area (Å²) in [5, 5.41) is 8.85. The van der Waals surface area contributed by atoms with Crippen molar-refractivity contribution in [2.24, 2.45) is 5.73 Å². The van der Waals surface area contributed by atoms with Crippen molar-refractivity contribution >= 4 is 15.9 Å². The van der Waals surface area contributed by atoms with Crippen LogP contribution < -0.4 is 5.73 Å². The standard InChI is InChI=1S/C9H7BrF5NO/c10-3-1-2-4(11)5(6(3)12)7(16)8(17)9(13,14)15/h1-2,7-8,17H,16H2/t7-,8-/m0/s1. The molecule has 1 aromatic carbocycles. The van der Waals surface area contributed by atoms with Crippen molar-refractivity contribution < 1.29 is 27.1 Å². The maximum Gasteiger partial charge on any atom is 0.416 e. The normalized spacial score (nSPS) is 15.8. The molecule has 0 bridgehead atoms. The Balaban J connectivity index is 3.21. The molecule has 0 aliphatic heterocycles. The van der Waals surface area contributed by atoms with Gasteiger partial charge in [0.05, 0.1) is 10.5 Å². The highest BCUT2D eigenvalue weighted by atomic mass is 79.9. The van der Waals surface area contributed by atoms with E-state index in [-0.39, 0.29) is 4.47 Å². The predicted molar refractivity (Wildman–Crippen MR) is 53.0 cm³/mol. The van der Waals surface area contributed by atoms with Crippen molar-refractivity contribution in [3.63, 3.8) is 0 Å². The van der Waals surface area contributed by atoms with E-state index in [2.05, 4.69) is 15.9 Å². The number of aliphatic hydroxyl groups excluding tert-OH is 1. The van der Waals surface area contributed by atoms with Crippen molar-refractivity contribution in [3.05, 3.63) is 33.8 Å². The summed E-state index contributed by atoms with van der Waals surface area (Å²) in [6.45, 7) is 0. The van der Waals surface area contributed by atoms with Gasteiger partial charge in [0.2, 0.25) is 0 Å². The zero-order chi connectivity index (χ0) is 13.4. The maximum atomic E-state index is 13.4. The number of aliphatic hydroxyl groups is 1. The van der Waals surface area contributed by atoms with Crippen LogP contribution in [0.5, 0.6) is 0 Å². The molecule has 1 rings (SSSR count). The van der Waals surface area contributed by atoms with Crippen LogP contribution in [0, 0.1) is 11.6 Å². The molecule has 2 nitrogen and oxygen atoms in total. The van der Waals surface area contributed by atoms with Gasteiger partial charge < -0.3 is 10.8 Å². The lowest BCUT2D eigenvalue weighted by molar-refractivity contribution is -0.210. The van der Waals surface area contributed by atoms with Gasteiger partial charge in [-0.15, -0.1) is 0 Å². The van der Waals surface area contributed by atoms with Crippen molar-refractivity contribution in [1.29, 1.82) is 0 Å². The van der Waals surface area contributed by atoms with Gasteiger partial charge in [0.1, 0.15) is 11.6 Å². The monoisotopic (exact) mass is 319 g/mol. The molecule has 0 saturated heterocycles. The average molecular weight is 320 g/mol. The fourth-order valence-electron chi connectivity index (χ4n) is 1.21. The van der Waals surface area contributed by atoms with Gasteiger partial charge in [-0.3, -0.25) is 0 Å². The minimum Gasteiger partial charge on any atom is -0.382 e. The first-order valence-corrected chi connectivity index (χ1v) is 5.09. The second-order valence-electron chi connectivity index (χ2n) is 3.27. The van der Waals surface area contributed by atoms with Gasteiger partial charge in [-0.05, 0) is 28.1 Å². The topological polar surface area (TPSA) is 46.2 Å². The highest BCUT2D eigenvalue weighted by Crippen LogP contribution is 2.33.